The number of rotatable bonds is 6. The molecule has 0 bridgehead atoms. The van der Waals surface area contributed by atoms with Crippen molar-refractivity contribution in [3.05, 3.63) is 90.3 Å². The number of hydrogen-bond acceptors (Lipinski definition) is 5. The predicted molar refractivity (Wildman–Crippen MR) is 135 cm³/mol. The number of para-hydroxylation sites is 1. The van der Waals surface area contributed by atoms with Crippen LogP contribution < -0.4 is 0 Å². The van der Waals surface area contributed by atoms with Gasteiger partial charge in [0.2, 0.25) is 5.91 Å². The quantitative estimate of drug-likeness (QED) is 0.350. The van der Waals surface area contributed by atoms with E-state index in [0.29, 0.717) is 11.0 Å². The van der Waals surface area contributed by atoms with E-state index < -0.39 is 5.25 Å². The minimum Gasteiger partial charge on any atom is -0.341 e. The molecule has 0 saturated carbocycles. The van der Waals surface area contributed by atoms with Gasteiger partial charge in [-0.1, -0.05) is 60.3 Å². The van der Waals surface area contributed by atoms with Crippen molar-refractivity contribution in [1.29, 1.82) is 0 Å². The van der Waals surface area contributed by atoms with Crippen LogP contribution in [0, 0.1) is 6.92 Å². The summed E-state index contributed by atoms with van der Waals surface area (Å²) < 4.78 is 2.05. The number of aryl methyl sites for hydroxylation is 1. The molecule has 7 heteroatoms. The van der Waals surface area contributed by atoms with Gasteiger partial charge in [0.15, 0.2) is 11.0 Å². The Kier molecular flexibility index (Phi) is 6.72. The van der Waals surface area contributed by atoms with E-state index in [1.165, 1.54) is 18.2 Å². The van der Waals surface area contributed by atoms with Gasteiger partial charge in [-0.05, 0) is 55.5 Å². The fourth-order valence-electron chi connectivity index (χ4n) is 4.33. The van der Waals surface area contributed by atoms with Crippen LogP contribution in [0.3, 0.4) is 0 Å². The molecule has 0 aliphatic carbocycles. The van der Waals surface area contributed by atoms with Gasteiger partial charge in [0.1, 0.15) is 5.25 Å². The summed E-state index contributed by atoms with van der Waals surface area (Å²) in [5, 5.41) is 9.42. The molecule has 5 rings (SSSR count). The van der Waals surface area contributed by atoms with Gasteiger partial charge in [0.25, 0.3) is 0 Å². The van der Waals surface area contributed by atoms with Crippen molar-refractivity contribution in [2.24, 2.45) is 0 Å². The Hall–Kier alpha value is -3.45. The van der Waals surface area contributed by atoms with Crippen LogP contribution >= 0.6 is 11.8 Å². The summed E-state index contributed by atoms with van der Waals surface area (Å²) in [6.07, 6.45) is 6.84. The van der Waals surface area contributed by atoms with Gasteiger partial charge in [-0.25, -0.2) is 0 Å². The fraction of sp³-hybridized carbons (Fsp3) is 0.259. The SMILES string of the molecule is Cc1ccccc1-n1c(S[C@H](C(=O)N2CCCCC2)c2ccccc2)nnc1-c1cccnc1. The molecule has 4 aromatic rings. The molecule has 1 aliphatic heterocycles. The number of aromatic nitrogens is 4. The molecule has 6 nitrogen and oxygen atoms in total. The van der Waals surface area contributed by atoms with Crippen molar-refractivity contribution in [2.75, 3.05) is 13.1 Å². The van der Waals surface area contributed by atoms with Crippen LogP contribution in [-0.4, -0.2) is 43.6 Å². The average molecular weight is 470 g/mol. The summed E-state index contributed by atoms with van der Waals surface area (Å²) >= 11 is 1.47. The third-order valence-electron chi connectivity index (χ3n) is 6.13. The zero-order chi connectivity index (χ0) is 23.3. The van der Waals surface area contributed by atoms with E-state index in [1.54, 1.807) is 12.4 Å². The van der Waals surface area contributed by atoms with E-state index in [2.05, 4.69) is 38.8 Å². The second-order valence-corrected chi connectivity index (χ2v) is 9.54. The Morgan fingerprint density at radius 1 is 0.912 bits per heavy atom. The lowest BCUT2D eigenvalue weighted by Crippen LogP contribution is -2.38. The van der Waals surface area contributed by atoms with Crippen molar-refractivity contribution in [2.45, 2.75) is 36.6 Å². The molecule has 2 aromatic carbocycles. The molecule has 2 aromatic heterocycles. The van der Waals surface area contributed by atoms with Crippen LogP contribution in [0.1, 0.15) is 35.6 Å². The van der Waals surface area contributed by atoms with Gasteiger partial charge in [0.05, 0.1) is 5.69 Å². The minimum absolute atomic E-state index is 0.137. The van der Waals surface area contributed by atoms with Crippen molar-refractivity contribution in [3.8, 4) is 17.1 Å². The maximum atomic E-state index is 13.7. The van der Waals surface area contributed by atoms with E-state index >= 15 is 0 Å². The van der Waals surface area contributed by atoms with Crippen molar-refractivity contribution in [3.63, 3.8) is 0 Å². The second kappa shape index (κ2) is 10.2. The number of nitrogens with zero attached hydrogens (tertiary/aromatic N) is 5. The number of carbonyl (C=O) groups is 1. The van der Waals surface area contributed by atoms with Crippen molar-refractivity contribution >= 4 is 17.7 Å². The molecular weight excluding hydrogens is 442 g/mol. The number of likely N-dealkylation sites (tertiary alicyclic amines) is 1. The Balaban J connectivity index is 1.59. The van der Waals surface area contributed by atoms with Crippen LogP contribution in [0.25, 0.3) is 17.1 Å². The van der Waals surface area contributed by atoms with Gasteiger partial charge in [-0.15, -0.1) is 10.2 Å². The Morgan fingerprint density at radius 2 is 1.68 bits per heavy atom. The molecule has 1 atom stereocenters. The first-order valence-electron chi connectivity index (χ1n) is 11.6. The zero-order valence-electron chi connectivity index (χ0n) is 19.2. The van der Waals surface area contributed by atoms with E-state index in [-0.39, 0.29) is 5.91 Å². The van der Waals surface area contributed by atoms with Crippen molar-refractivity contribution in [1.82, 2.24) is 24.6 Å². The lowest BCUT2D eigenvalue weighted by Gasteiger charge is -2.30. The molecule has 0 N–H and O–H groups in total. The van der Waals surface area contributed by atoms with E-state index in [0.717, 1.165) is 48.3 Å². The first-order valence-corrected chi connectivity index (χ1v) is 12.5. The molecule has 1 fully saturated rings. The maximum Gasteiger partial charge on any atom is 0.240 e. The summed E-state index contributed by atoms with van der Waals surface area (Å²) in [7, 11) is 0. The van der Waals surface area contributed by atoms with Crippen LogP contribution in [-0.2, 0) is 4.79 Å². The van der Waals surface area contributed by atoms with Crippen molar-refractivity contribution < 1.29 is 4.79 Å². The first-order chi connectivity index (χ1) is 16.7. The summed E-state index contributed by atoms with van der Waals surface area (Å²) in [5.74, 6) is 0.847. The lowest BCUT2D eigenvalue weighted by molar-refractivity contribution is -0.131. The molecule has 0 unspecified atom stereocenters. The normalized spacial score (nSPS) is 14.7. The van der Waals surface area contributed by atoms with Crippen LogP contribution in [0.5, 0.6) is 0 Å². The summed E-state index contributed by atoms with van der Waals surface area (Å²) in [6, 6.07) is 22.0. The smallest absolute Gasteiger partial charge is 0.240 e. The van der Waals surface area contributed by atoms with E-state index in [1.807, 2.05) is 59.5 Å². The first kappa shape index (κ1) is 22.3. The van der Waals surface area contributed by atoms with E-state index in [4.69, 9.17) is 0 Å². The minimum atomic E-state index is -0.395. The highest BCUT2D eigenvalue weighted by molar-refractivity contribution is 8.00. The molecule has 1 aliphatic rings. The number of carbonyl (C=O) groups excluding carboxylic acids is 1. The second-order valence-electron chi connectivity index (χ2n) is 8.46. The van der Waals surface area contributed by atoms with Crippen LogP contribution in [0.15, 0.2) is 84.3 Å². The predicted octanol–water partition coefficient (Wildman–Crippen LogP) is 5.48. The van der Waals surface area contributed by atoms with Gasteiger partial charge in [-0.2, -0.15) is 0 Å². The summed E-state index contributed by atoms with van der Waals surface area (Å²) in [5.41, 5.74) is 3.95. The Morgan fingerprint density at radius 3 is 2.41 bits per heavy atom. The zero-order valence-corrected chi connectivity index (χ0v) is 20.0. The topological polar surface area (TPSA) is 63.9 Å². The van der Waals surface area contributed by atoms with Crippen LogP contribution in [0.2, 0.25) is 0 Å². The summed E-state index contributed by atoms with van der Waals surface area (Å²) in [4.78, 5) is 20.0. The number of hydrogen-bond donors (Lipinski definition) is 0. The third kappa shape index (κ3) is 4.61. The van der Waals surface area contributed by atoms with Gasteiger partial charge >= 0.3 is 0 Å². The molecule has 3 heterocycles. The van der Waals surface area contributed by atoms with Gasteiger partial charge in [0, 0.05) is 31.0 Å². The Labute approximate surface area is 204 Å². The largest absolute Gasteiger partial charge is 0.341 e. The van der Waals surface area contributed by atoms with Crippen LogP contribution in [0.4, 0.5) is 0 Å². The lowest BCUT2D eigenvalue weighted by atomic mass is 10.1. The molecule has 34 heavy (non-hydrogen) atoms. The highest BCUT2D eigenvalue weighted by Crippen LogP contribution is 2.39. The third-order valence-corrected chi connectivity index (χ3v) is 7.31. The molecule has 0 radical (unpaired) electrons. The number of piperidine rings is 1. The number of thioether (sulfide) groups is 1. The number of pyridine rings is 1. The fourth-order valence-corrected chi connectivity index (χ4v) is 5.47. The number of amides is 1. The highest BCUT2D eigenvalue weighted by atomic mass is 32.2. The molecule has 172 valence electrons. The van der Waals surface area contributed by atoms with Gasteiger partial charge in [-0.3, -0.25) is 14.3 Å². The molecule has 0 spiro atoms. The highest BCUT2D eigenvalue weighted by Gasteiger charge is 2.30. The average Bonchev–Trinajstić information content (AvgIpc) is 3.32. The standard InChI is InChI=1S/C27H27N5OS/c1-20-11-6-7-15-23(20)32-25(22-14-10-16-28-19-22)29-30-27(32)34-24(21-12-4-2-5-13-21)26(33)31-17-8-3-9-18-31/h2,4-7,10-16,19,24H,3,8-9,17-18H2,1H3/t24-/m0/s1. The van der Waals surface area contributed by atoms with Gasteiger partial charge < -0.3 is 4.90 Å². The maximum absolute atomic E-state index is 13.7. The molecule has 1 saturated heterocycles. The number of benzene rings is 2. The Bertz CT molecular complexity index is 1250. The summed E-state index contributed by atoms with van der Waals surface area (Å²) in [6.45, 7) is 3.70. The van der Waals surface area contributed by atoms with E-state index in [9.17, 15) is 4.79 Å². The molecular formula is C27H27N5OS. The monoisotopic (exact) mass is 469 g/mol. The molecule has 1 amide bonds.